The minimum Gasteiger partial charge on any atom is -0.377 e. The third-order valence-electron chi connectivity index (χ3n) is 3.65. The first-order chi connectivity index (χ1) is 7.53. The molecule has 4 nitrogen and oxygen atoms in total. The number of ether oxygens (including phenoxy) is 1. The molecule has 1 heterocycles. The van der Waals surface area contributed by atoms with Gasteiger partial charge in [-0.2, -0.15) is 0 Å². The fourth-order valence-corrected chi connectivity index (χ4v) is 2.03. The maximum Gasteiger partial charge on any atom is 0.236 e. The third-order valence-corrected chi connectivity index (χ3v) is 3.65. The van der Waals surface area contributed by atoms with Crippen LogP contribution in [0.15, 0.2) is 0 Å². The second-order valence-electron chi connectivity index (χ2n) is 4.60. The van der Waals surface area contributed by atoms with Gasteiger partial charge in [0.05, 0.1) is 12.6 Å². The first kappa shape index (κ1) is 13.5. The van der Waals surface area contributed by atoms with E-state index in [0.717, 1.165) is 26.1 Å². The van der Waals surface area contributed by atoms with Gasteiger partial charge in [0, 0.05) is 25.2 Å². The van der Waals surface area contributed by atoms with Gasteiger partial charge in [-0.3, -0.25) is 4.79 Å². The summed E-state index contributed by atoms with van der Waals surface area (Å²) in [5.41, 5.74) is -0.0528. The Bertz CT molecular complexity index is 241. The van der Waals surface area contributed by atoms with Crippen molar-refractivity contribution < 1.29 is 9.53 Å². The molecule has 1 fully saturated rings. The lowest BCUT2D eigenvalue weighted by Gasteiger charge is -2.30. The van der Waals surface area contributed by atoms with E-state index in [1.807, 2.05) is 18.7 Å². The summed E-state index contributed by atoms with van der Waals surface area (Å²) in [4.78, 5) is 13.7. The molecule has 0 saturated carbocycles. The molecule has 2 atom stereocenters. The second-order valence-corrected chi connectivity index (χ2v) is 4.60. The summed E-state index contributed by atoms with van der Waals surface area (Å²) in [6, 6.07) is 0. The van der Waals surface area contributed by atoms with E-state index in [0.29, 0.717) is 6.54 Å². The molecule has 1 amide bonds. The van der Waals surface area contributed by atoms with Crippen molar-refractivity contribution in [1.82, 2.24) is 10.2 Å². The second kappa shape index (κ2) is 5.64. The minimum atomic E-state index is -0.0528. The highest BCUT2D eigenvalue weighted by Gasteiger charge is 2.36. The van der Waals surface area contributed by atoms with Gasteiger partial charge in [0.25, 0.3) is 0 Å². The summed E-state index contributed by atoms with van der Waals surface area (Å²) in [7, 11) is 0. The highest BCUT2D eigenvalue weighted by atomic mass is 16.5. The van der Waals surface area contributed by atoms with E-state index in [2.05, 4.69) is 19.2 Å². The monoisotopic (exact) mass is 228 g/mol. The lowest BCUT2D eigenvalue weighted by atomic mass is 9.95. The van der Waals surface area contributed by atoms with Crippen molar-refractivity contribution in [3.05, 3.63) is 0 Å². The van der Waals surface area contributed by atoms with Crippen molar-refractivity contribution in [2.75, 3.05) is 26.2 Å². The van der Waals surface area contributed by atoms with E-state index in [1.54, 1.807) is 0 Å². The van der Waals surface area contributed by atoms with Crippen LogP contribution in [0.3, 0.4) is 0 Å². The SMILES string of the molecule is CCN(CC)C(=O)CNC1(C)CCOC1C. The maximum absolute atomic E-state index is 11.8. The maximum atomic E-state index is 11.8. The van der Waals surface area contributed by atoms with Gasteiger partial charge in [0.15, 0.2) is 0 Å². The Morgan fingerprint density at radius 1 is 1.50 bits per heavy atom. The first-order valence-electron chi connectivity index (χ1n) is 6.18. The molecule has 1 rings (SSSR count). The van der Waals surface area contributed by atoms with Crippen molar-refractivity contribution in [3.8, 4) is 0 Å². The van der Waals surface area contributed by atoms with Crippen LogP contribution in [-0.4, -0.2) is 48.7 Å². The summed E-state index contributed by atoms with van der Waals surface area (Å²) < 4.78 is 5.53. The molecule has 2 unspecified atom stereocenters. The Morgan fingerprint density at radius 2 is 2.12 bits per heavy atom. The Kier molecular flexibility index (Phi) is 4.74. The Labute approximate surface area is 98.3 Å². The van der Waals surface area contributed by atoms with Crippen molar-refractivity contribution in [1.29, 1.82) is 0 Å². The molecule has 0 radical (unpaired) electrons. The van der Waals surface area contributed by atoms with Crippen molar-refractivity contribution in [2.45, 2.75) is 45.8 Å². The number of amides is 1. The minimum absolute atomic E-state index is 0.0528. The number of hydrogen-bond acceptors (Lipinski definition) is 3. The lowest BCUT2D eigenvalue weighted by molar-refractivity contribution is -0.130. The van der Waals surface area contributed by atoms with Crippen LogP contribution < -0.4 is 5.32 Å². The molecule has 0 aromatic carbocycles. The number of nitrogens with zero attached hydrogens (tertiary/aromatic N) is 1. The normalized spacial score (nSPS) is 29.4. The number of rotatable bonds is 5. The van der Waals surface area contributed by atoms with Crippen LogP contribution in [0, 0.1) is 0 Å². The van der Waals surface area contributed by atoms with Gasteiger partial charge < -0.3 is 15.0 Å². The molecule has 0 spiro atoms. The molecular weight excluding hydrogens is 204 g/mol. The molecule has 1 aliphatic heterocycles. The molecule has 0 bridgehead atoms. The summed E-state index contributed by atoms with van der Waals surface area (Å²) >= 11 is 0. The molecule has 0 aliphatic carbocycles. The fourth-order valence-electron chi connectivity index (χ4n) is 2.03. The molecule has 94 valence electrons. The molecule has 1 N–H and O–H groups in total. The van der Waals surface area contributed by atoms with Gasteiger partial charge in [0.2, 0.25) is 5.91 Å². The van der Waals surface area contributed by atoms with Crippen LogP contribution in [0.25, 0.3) is 0 Å². The quantitative estimate of drug-likeness (QED) is 0.763. The zero-order chi connectivity index (χ0) is 12.2. The van der Waals surface area contributed by atoms with E-state index in [-0.39, 0.29) is 17.6 Å². The molecule has 4 heteroatoms. The number of likely N-dealkylation sites (N-methyl/N-ethyl adjacent to an activating group) is 1. The average molecular weight is 228 g/mol. The van der Waals surface area contributed by atoms with Gasteiger partial charge in [-0.15, -0.1) is 0 Å². The van der Waals surface area contributed by atoms with Gasteiger partial charge >= 0.3 is 0 Å². The third kappa shape index (κ3) is 2.95. The van der Waals surface area contributed by atoms with E-state index < -0.39 is 0 Å². The van der Waals surface area contributed by atoms with Gasteiger partial charge in [-0.25, -0.2) is 0 Å². The summed E-state index contributed by atoms with van der Waals surface area (Å²) in [6.45, 7) is 10.9. The topological polar surface area (TPSA) is 41.6 Å². The summed E-state index contributed by atoms with van der Waals surface area (Å²) in [5, 5.41) is 3.34. The van der Waals surface area contributed by atoms with Crippen molar-refractivity contribution in [3.63, 3.8) is 0 Å². The summed E-state index contributed by atoms with van der Waals surface area (Å²) in [6.07, 6.45) is 1.15. The number of hydrogen-bond donors (Lipinski definition) is 1. The standard InChI is InChI=1S/C12H24N2O2/c1-5-14(6-2)11(15)9-13-12(4)7-8-16-10(12)3/h10,13H,5-9H2,1-4H3. The van der Waals surface area contributed by atoms with Crippen LogP contribution in [0.2, 0.25) is 0 Å². The lowest BCUT2D eigenvalue weighted by Crippen LogP contribution is -2.51. The molecular formula is C12H24N2O2. The molecule has 16 heavy (non-hydrogen) atoms. The van der Waals surface area contributed by atoms with Gasteiger partial charge in [-0.05, 0) is 34.1 Å². The van der Waals surface area contributed by atoms with Gasteiger partial charge in [0.1, 0.15) is 0 Å². The molecule has 1 saturated heterocycles. The van der Waals surface area contributed by atoms with E-state index >= 15 is 0 Å². The van der Waals surface area contributed by atoms with Crippen molar-refractivity contribution in [2.24, 2.45) is 0 Å². The van der Waals surface area contributed by atoms with E-state index in [4.69, 9.17) is 4.74 Å². The van der Waals surface area contributed by atoms with Crippen LogP contribution >= 0.6 is 0 Å². The largest absolute Gasteiger partial charge is 0.377 e. The number of carbonyl (C=O) groups is 1. The van der Waals surface area contributed by atoms with Gasteiger partial charge in [-0.1, -0.05) is 0 Å². The molecule has 0 aromatic rings. The molecule has 0 aromatic heterocycles. The first-order valence-corrected chi connectivity index (χ1v) is 6.18. The van der Waals surface area contributed by atoms with Crippen LogP contribution in [0.1, 0.15) is 34.1 Å². The van der Waals surface area contributed by atoms with Crippen LogP contribution in [0.4, 0.5) is 0 Å². The fraction of sp³-hybridized carbons (Fsp3) is 0.917. The van der Waals surface area contributed by atoms with Crippen molar-refractivity contribution >= 4 is 5.91 Å². The molecule has 1 aliphatic rings. The van der Waals surface area contributed by atoms with Crippen LogP contribution in [0.5, 0.6) is 0 Å². The Balaban J connectivity index is 2.42. The predicted molar refractivity (Wildman–Crippen MR) is 64.4 cm³/mol. The Morgan fingerprint density at radius 3 is 2.56 bits per heavy atom. The smallest absolute Gasteiger partial charge is 0.236 e. The predicted octanol–water partition coefficient (Wildman–Crippen LogP) is 1.01. The highest BCUT2D eigenvalue weighted by Crippen LogP contribution is 2.24. The van der Waals surface area contributed by atoms with Crippen LogP contribution in [-0.2, 0) is 9.53 Å². The highest BCUT2D eigenvalue weighted by molar-refractivity contribution is 5.78. The average Bonchev–Trinajstić information content (AvgIpc) is 2.59. The number of carbonyl (C=O) groups excluding carboxylic acids is 1. The summed E-state index contributed by atoms with van der Waals surface area (Å²) in [5.74, 6) is 0.172. The zero-order valence-electron chi connectivity index (χ0n) is 10.9. The zero-order valence-corrected chi connectivity index (χ0v) is 10.9. The van der Waals surface area contributed by atoms with E-state index in [9.17, 15) is 4.79 Å². The Hall–Kier alpha value is -0.610. The van der Waals surface area contributed by atoms with E-state index in [1.165, 1.54) is 0 Å². The number of nitrogens with one attached hydrogen (secondary N) is 1.